The van der Waals surface area contributed by atoms with Gasteiger partial charge < -0.3 is 10.6 Å². The topological polar surface area (TPSA) is 92.3 Å². The number of benzene rings is 1. The van der Waals surface area contributed by atoms with Gasteiger partial charge in [0.1, 0.15) is 6.04 Å². The summed E-state index contributed by atoms with van der Waals surface area (Å²) in [5, 5.41) is 5.27. The van der Waals surface area contributed by atoms with Gasteiger partial charge in [0, 0.05) is 22.6 Å². The average molecular weight is 360 g/mol. The minimum Gasteiger partial charge on any atom is -0.341 e. The van der Waals surface area contributed by atoms with Crippen molar-refractivity contribution in [1.82, 2.24) is 10.6 Å². The van der Waals surface area contributed by atoms with Gasteiger partial charge in [-0.25, -0.2) is 0 Å². The number of thioether (sulfide) groups is 1. The van der Waals surface area contributed by atoms with Crippen molar-refractivity contribution < 1.29 is 19.2 Å². The fourth-order valence-electron chi connectivity index (χ4n) is 3.24. The van der Waals surface area contributed by atoms with E-state index in [0.29, 0.717) is 5.56 Å². The molecular weight excluding hydrogens is 348 g/mol. The molecule has 0 aromatic heterocycles. The smallest absolute Gasteiger partial charge is 0.252 e. The lowest BCUT2D eigenvalue weighted by Gasteiger charge is -2.38. The number of hydrogen-bond donors (Lipinski definition) is 3. The first kappa shape index (κ1) is 15.5. The molecule has 2 aliphatic heterocycles. The van der Waals surface area contributed by atoms with Gasteiger partial charge in [0.15, 0.2) is 11.3 Å². The van der Waals surface area contributed by atoms with Crippen LogP contribution in [-0.2, 0) is 9.59 Å². The van der Waals surface area contributed by atoms with Gasteiger partial charge in [-0.15, -0.1) is 11.8 Å². The lowest BCUT2D eigenvalue weighted by atomic mass is 9.78. The van der Waals surface area contributed by atoms with Gasteiger partial charge in [-0.05, 0) is 0 Å². The fraction of sp³-hybridized carbons (Fsp3) is 0.250. The van der Waals surface area contributed by atoms with E-state index in [0.717, 1.165) is 11.8 Å². The first-order chi connectivity index (χ1) is 11.5. The number of hydrogen-bond acceptors (Lipinski definition) is 6. The third-order valence-electron chi connectivity index (χ3n) is 4.47. The zero-order valence-electron chi connectivity index (χ0n) is 12.3. The Hall–Kier alpha value is -2.06. The van der Waals surface area contributed by atoms with Gasteiger partial charge in [0.25, 0.3) is 5.91 Å². The molecule has 2 atom stereocenters. The van der Waals surface area contributed by atoms with Crippen molar-refractivity contribution in [3.8, 4) is 0 Å². The van der Waals surface area contributed by atoms with Crippen LogP contribution < -0.4 is 10.6 Å². The molecule has 0 unspecified atom stereocenters. The molecule has 0 bridgehead atoms. The van der Waals surface area contributed by atoms with Gasteiger partial charge in [0.2, 0.25) is 11.7 Å². The summed E-state index contributed by atoms with van der Waals surface area (Å²) in [7, 11) is 0. The molecule has 1 fully saturated rings. The molecule has 24 heavy (non-hydrogen) atoms. The van der Waals surface area contributed by atoms with E-state index in [2.05, 4.69) is 23.3 Å². The molecule has 2 heterocycles. The number of piperazine rings is 1. The third-order valence-corrected chi connectivity index (χ3v) is 6.09. The summed E-state index contributed by atoms with van der Waals surface area (Å²) in [5.74, 6) is -1.26. The monoisotopic (exact) mass is 360 g/mol. The highest BCUT2D eigenvalue weighted by Gasteiger charge is 2.57. The first-order valence-corrected chi connectivity index (χ1v) is 8.91. The lowest BCUT2D eigenvalue weighted by Crippen LogP contribution is -2.71. The Morgan fingerprint density at radius 3 is 2.46 bits per heavy atom. The molecule has 1 aromatic carbocycles. The van der Waals surface area contributed by atoms with Gasteiger partial charge in [-0.2, -0.15) is 12.6 Å². The molecular formula is C16H12N2O4S2. The van der Waals surface area contributed by atoms with Crippen molar-refractivity contribution >= 4 is 47.8 Å². The Kier molecular flexibility index (Phi) is 3.36. The largest absolute Gasteiger partial charge is 0.341 e. The van der Waals surface area contributed by atoms with Gasteiger partial charge >= 0.3 is 0 Å². The number of allylic oxidation sites excluding steroid dienone is 1. The molecule has 4 rings (SSSR count). The highest BCUT2D eigenvalue weighted by molar-refractivity contribution is 8.04. The first-order valence-electron chi connectivity index (χ1n) is 7.29. The third kappa shape index (κ3) is 1.86. The number of fused-ring (bicyclic) bond motifs is 2. The summed E-state index contributed by atoms with van der Waals surface area (Å²) in [6.07, 6.45) is 0. The molecule has 2 amide bonds. The Morgan fingerprint density at radius 2 is 1.79 bits per heavy atom. The van der Waals surface area contributed by atoms with Crippen molar-refractivity contribution in [2.75, 3.05) is 11.5 Å². The predicted molar refractivity (Wildman–Crippen MR) is 91.2 cm³/mol. The molecule has 6 nitrogen and oxygen atoms in total. The quantitative estimate of drug-likeness (QED) is 0.629. The number of thiol groups is 1. The molecule has 0 saturated carbocycles. The van der Waals surface area contributed by atoms with Crippen LogP contribution in [0.2, 0.25) is 0 Å². The van der Waals surface area contributed by atoms with Crippen LogP contribution in [0, 0.1) is 0 Å². The van der Waals surface area contributed by atoms with Crippen LogP contribution in [0.25, 0.3) is 0 Å². The van der Waals surface area contributed by atoms with Crippen LogP contribution >= 0.6 is 24.4 Å². The molecule has 3 aliphatic rings. The number of Topliss-reactive ketones (excluding diaryl/α,β-unsaturated/α-hetero) is 2. The Bertz CT molecular complexity index is 863. The van der Waals surface area contributed by atoms with Gasteiger partial charge in [-0.1, -0.05) is 24.3 Å². The van der Waals surface area contributed by atoms with E-state index in [4.69, 9.17) is 0 Å². The number of nitrogens with one attached hydrogen (secondary N) is 2. The zero-order valence-corrected chi connectivity index (χ0v) is 14.0. The molecule has 1 saturated heterocycles. The number of ketones is 2. The van der Waals surface area contributed by atoms with Crippen molar-refractivity contribution in [2.45, 2.75) is 11.6 Å². The average Bonchev–Trinajstić information content (AvgIpc) is 2.96. The van der Waals surface area contributed by atoms with Crippen molar-refractivity contribution in [1.29, 1.82) is 0 Å². The van der Waals surface area contributed by atoms with Crippen molar-refractivity contribution in [2.24, 2.45) is 0 Å². The molecule has 8 heteroatoms. The van der Waals surface area contributed by atoms with Crippen LogP contribution in [-0.4, -0.2) is 46.5 Å². The fourth-order valence-corrected chi connectivity index (χ4v) is 4.86. The Morgan fingerprint density at radius 1 is 1.12 bits per heavy atom. The SMILES string of the molecule is O=C1C2=C(C(=O)c3ccccc31)[C@]1(CS2)NC(=O)[C@H](CS)NC1=O. The van der Waals surface area contributed by atoms with Gasteiger partial charge in [0.05, 0.1) is 10.5 Å². The van der Waals surface area contributed by atoms with Crippen LogP contribution in [0.15, 0.2) is 34.7 Å². The number of rotatable bonds is 1. The highest BCUT2D eigenvalue weighted by Crippen LogP contribution is 2.46. The summed E-state index contributed by atoms with van der Waals surface area (Å²) in [5.41, 5.74) is -0.806. The van der Waals surface area contributed by atoms with Crippen LogP contribution in [0.5, 0.6) is 0 Å². The number of amides is 2. The Labute approximate surface area is 146 Å². The zero-order chi connectivity index (χ0) is 17.1. The van der Waals surface area contributed by atoms with Crippen LogP contribution in [0.4, 0.5) is 0 Å². The van der Waals surface area contributed by atoms with Crippen molar-refractivity contribution in [3.05, 3.63) is 45.9 Å². The Balaban J connectivity index is 1.85. The van der Waals surface area contributed by atoms with Crippen LogP contribution in [0.3, 0.4) is 0 Å². The maximum atomic E-state index is 13.0. The summed E-state index contributed by atoms with van der Waals surface area (Å²) >= 11 is 5.18. The van der Waals surface area contributed by atoms with E-state index in [1.165, 1.54) is 0 Å². The number of carbonyl (C=O) groups excluding carboxylic acids is 4. The molecule has 2 N–H and O–H groups in total. The second kappa shape index (κ2) is 5.22. The summed E-state index contributed by atoms with van der Waals surface area (Å²) in [4.78, 5) is 50.8. The van der Waals surface area contributed by atoms with E-state index < -0.39 is 23.4 Å². The maximum absolute atomic E-state index is 13.0. The molecule has 1 aliphatic carbocycles. The van der Waals surface area contributed by atoms with E-state index in [-0.39, 0.29) is 39.1 Å². The van der Waals surface area contributed by atoms with Crippen molar-refractivity contribution in [3.63, 3.8) is 0 Å². The van der Waals surface area contributed by atoms with Gasteiger partial charge in [-0.3, -0.25) is 19.2 Å². The maximum Gasteiger partial charge on any atom is 0.252 e. The predicted octanol–water partition coefficient (Wildman–Crippen LogP) is 0.350. The minimum absolute atomic E-state index is 0.0830. The second-order valence-electron chi connectivity index (χ2n) is 5.80. The molecule has 122 valence electrons. The normalized spacial score (nSPS) is 28.6. The summed E-state index contributed by atoms with van der Waals surface area (Å²) in [6.45, 7) is 0. The number of carbonyl (C=O) groups is 4. The summed E-state index contributed by atoms with van der Waals surface area (Å²) < 4.78 is 0. The molecule has 0 radical (unpaired) electrons. The van der Waals surface area contributed by atoms with Crippen LogP contribution in [0.1, 0.15) is 20.7 Å². The standard InChI is InChI=1S/C16H12N2O4S2/c19-11-7-3-1-2-4-8(7)12(20)13-10(11)16(6-24-13)15(22)17-9(5-23)14(21)18-16/h1-4,9,23H,5-6H2,(H,17,22)(H,18,21)/t9-,16-/m0/s1. The molecule has 1 aromatic rings. The van der Waals surface area contributed by atoms with E-state index >= 15 is 0 Å². The highest BCUT2D eigenvalue weighted by atomic mass is 32.2. The minimum atomic E-state index is -1.49. The van der Waals surface area contributed by atoms with E-state index in [9.17, 15) is 19.2 Å². The van der Waals surface area contributed by atoms with E-state index in [1.807, 2.05) is 0 Å². The second-order valence-corrected chi connectivity index (χ2v) is 7.15. The summed E-state index contributed by atoms with van der Waals surface area (Å²) in [6, 6.07) is 5.77. The lowest BCUT2D eigenvalue weighted by molar-refractivity contribution is -0.138. The molecule has 1 spiro atoms. The van der Waals surface area contributed by atoms with E-state index in [1.54, 1.807) is 24.3 Å².